The zero-order valence-corrected chi connectivity index (χ0v) is 10.1. The zero-order chi connectivity index (χ0) is 12.3. The number of fused-ring (bicyclic) bond motifs is 2. The van der Waals surface area contributed by atoms with Gasteiger partial charge in [-0.1, -0.05) is 0 Å². The molecule has 3 rings (SSSR count). The van der Waals surface area contributed by atoms with Gasteiger partial charge in [0.25, 0.3) is 0 Å². The second kappa shape index (κ2) is 3.60. The van der Waals surface area contributed by atoms with Crippen molar-refractivity contribution in [3.05, 3.63) is 0 Å². The minimum Gasteiger partial charge on any atom is -0.301 e. The minimum absolute atomic E-state index is 0.0628. The van der Waals surface area contributed by atoms with Crippen LogP contribution in [0, 0.1) is 0 Å². The van der Waals surface area contributed by atoms with Crippen LogP contribution in [0.15, 0.2) is 0 Å². The molecule has 0 aromatic rings. The van der Waals surface area contributed by atoms with Crippen LogP contribution in [0.5, 0.6) is 0 Å². The van der Waals surface area contributed by atoms with Gasteiger partial charge in [0, 0.05) is 18.1 Å². The molecule has 0 spiro atoms. The molecule has 0 radical (unpaired) electrons. The Morgan fingerprint density at radius 3 is 2.06 bits per heavy atom. The standard InChI is InChI=1S/C12H19F3N2/c1-17-9-2-3-10(17)7-8(6-9)16-11(4-5-11)12(13,14)15/h8-10,16H,2-7H2,1H3. The van der Waals surface area contributed by atoms with E-state index in [1.807, 2.05) is 0 Å². The summed E-state index contributed by atoms with van der Waals surface area (Å²) in [5.41, 5.74) is -1.53. The molecule has 1 saturated carbocycles. The predicted molar refractivity (Wildman–Crippen MR) is 58.8 cm³/mol. The summed E-state index contributed by atoms with van der Waals surface area (Å²) >= 11 is 0. The van der Waals surface area contributed by atoms with E-state index in [9.17, 15) is 13.2 Å². The van der Waals surface area contributed by atoms with Crippen LogP contribution < -0.4 is 5.32 Å². The van der Waals surface area contributed by atoms with Crippen LogP contribution in [0.2, 0.25) is 0 Å². The summed E-state index contributed by atoms with van der Waals surface area (Å²) in [5.74, 6) is 0. The van der Waals surface area contributed by atoms with E-state index in [0.717, 1.165) is 25.7 Å². The summed E-state index contributed by atoms with van der Waals surface area (Å²) in [5, 5.41) is 2.92. The maximum Gasteiger partial charge on any atom is 0.406 e. The van der Waals surface area contributed by atoms with Crippen LogP contribution in [-0.4, -0.2) is 41.8 Å². The first kappa shape index (κ1) is 11.8. The lowest BCUT2D eigenvalue weighted by Crippen LogP contribution is -2.55. The summed E-state index contributed by atoms with van der Waals surface area (Å²) in [6, 6.07) is 1.05. The zero-order valence-electron chi connectivity index (χ0n) is 10.1. The first-order chi connectivity index (χ1) is 7.91. The highest BCUT2D eigenvalue weighted by atomic mass is 19.4. The molecule has 17 heavy (non-hydrogen) atoms. The Morgan fingerprint density at radius 1 is 1.12 bits per heavy atom. The molecule has 0 aromatic heterocycles. The molecule has 1 N–H and O–H groups in total. The highest BCUT2D eigenvalue weighted by Crippen LogP contribution is 2.50. The highest BCUT2D eigenvalue weighted by Gasteiger charge is 2.64. The van der Waals surface area contributed by atoms with Crippen molar-refractivity contribution < 1.29 is 13.2 Å². The first-order valence-electron chi connectivity index (χ1n) is 6.48. The molecule has 2 aliphatic heterocycles. The highest BCUT2D eigenvalue weighted by molar-refractivity contribution is 5.10. The molecule has 2 atom stereocenters. The van der Waals surface area contributed by atoms with E-state index >= 15 is 0 Å². The average Bonchev–Trinajstić information content (AvgIpc) is 2.96. The van der Waals surface area contributed by atoms with Crippen LogP contribution in [0.3, 0.4) is 0 Å². The van der Waals surface area contributed by atoms with Crippen molar-refractivity contribution in [2.45, 2.75) is 68.4 Å². The van der Waals surface area contributed by atoms with Gasteiger partial charge in [-0.25, -0.2) is 0 Å². The minimum atomic E-state index is -4.07. The molecule has 2 saturated heterocycles. The van der Waals surface area contributed by atoms with Gasteiger partial charge in [-0.05, 0) is 45.6 Å². The van der Waals surface area contributed by atoms with Gasteiger partial charge in [0.15, 0.2) is 0 Å². The second-order valence-electron chi connectivity index (χ2n) is 5.94. The number of nitrogens with zero attached hydrogens (tertiary/aromatic N) is 1. The Bertz CT molecular complexity index is 297. The van der Waals surface area contributed by atoms with E-state index in [1.165, 1.54) is 0 Å². The van der Waals surface area contributed by atoms with Gasteiger partial charge >= 0.3 is 6.18 Å². The van der Waals surface area contributed by atoms with Crippen LogP contribution >= 0.6 is 0 Å². The fourth-order valence-corrected chi connectivity index (χ4v) is 3.55. The van der Waals surface area contributed by atoms with Crippen molar-refractivity contribution in [1.29, 1.82) is 0 Å². The number of hydrogen-bond donors (Lipinski definition) is 1. The first-order valence-corrected chi connectivity index (χ1v) is 6.48. The summed E-state index contributed by atoms with van der Waals surface area (Å²) in [7, 11) is 2.11. The average molecular weight is 248 g/mol. The Morgan fingerprint density at radius 2 is 1.65 bits per heavy atom. The number of piperidine rings is 1. The summed E-state index contributed by atoms with van der Waals surface area (Å²) < 4.78 is 38.6. The lowest BCUT2D eigenvalue weighted by atomic mass is 9.96. The number of rotatable bonds is 2. The molecular weight excluding hydrogens is 229 g/mol. The largest absolute Gasteiger partial charge is 0.406 e. The van der Waals surface area contributed by atoms with E-state index < -0.39 is 11.7 Å². The molecular formula is C12H19F3N2. The Labute approximate surface area is 99.5 Å². The molecule has 0 amide bonds. The van der Waals surface area contributed by atoms with Crippen molar-refractivity contribution in [3.8, 4) is 0 Å². The number of nitrogens with one attached hydrogen (secondary N) is 1. The molecule has 98 valence electrons. The molecule has 3 aliphatic rings. The summed E-state index contributed by atoms with van der Waals surface area (Å²) in [4.78, 5) is 2.35. The molecule has 2 heterocycles. The Balaban J connectivity index is 1.65. The van der Waals surface area contributed by atoms with E-state index in [2.05, 4.69) is 17.3 Å². The van der Waals surface area contributed by atoms with Crippen LogP contribution in [0.4, 0.5) is 13.2 Å². The third-order valence-corrected chi connectivity index (χ3v) is 4.87. The van der Waals surface area contributed by atoms with Gasteiger partial charge in [0.2, 0.25) is 0 Å². The van der Waals surface area contributed by atoms with E-state index in [4.69, 9.17) is 0 Å². The summed E-state index contributed by atoms with van der Waals surface area (Å²) in [6.07, 6.45) is 0.512. The molecule has 2 bridgehead atoms. The Kier molecular flexibility index (Phi) is 2.50. The maximum absolute atomic E-state index is 12.9. The number of halogens is 3. The molecule has 1 aliphatic carbocycles. The molecule has 0 aromatic carbocycles. The number of alkyl halides is 3. The number of hydrogen-bond acceptors (Lipinski definition) is 2. The van der Waals surface area contributed by atoms with Crippen molar-refractivity contribution in [3.63, 3.8) is 0 Å². The SMILES string of the molecule is CN1C2CCC1CC(NC1(C(F)(F)F)CC1)C2. The Hall–Kier alpha value is -0.290. The van der Waals surface area contributed by atoms with E-state index in [0.29, 0.717) is 12.1 Å². The fraction of sp³-hybridized carbons (Fsp3) is 1.00. The smallest absolute Gasteiger partial charge is 0.301 e. The van der Waals surface area contributed by atoms with Gasteiger partial charge in [-0.2, -0.15) is 13.2 Å². The fourth-order valence-electron chi connectivity index (χ4n) is 3.55. The molecule has 2 nitrogen and oxygen atoms in total. The van der Waals surface area contributed by atoms with Crippen molar-refractivity contribution in [2.75, 3.05) is 7.05 Å². The molecule has 5 heteroatoms. The van der Waals surface area contributed by atoms with Crippen LogP contribution in [0.25, 0.3) is 0 Å². The topological polar surface area (TPSA) is 15.3 Å². The van der Waals surface area contributed by atoms with E-state index in [1.54, 1.807) is 0 Å². The lowest BCUT2D eigenvalue weighted by molar-refractivity contribution is -0.169. The normalized spacial score (nSPS) is 40.6. The summed E-state index contributed by atoms with van der Waals surface area (Å²) in [6.45, 7) is 0. The van der Waals surface area contributed by atoms with Crippen LogP contribution in [-0.2, 0) is 0 Å². The van der Waals surface area contributed by atoms with Gasteiger partial charge < -0.3 is 10.2 Å². The molecule has 2 unspecified atom stereocenters. The third-order valence-electron chi connectivity index (χ3n) is 4.87. The van der Waals surface area contributed by atoms with Gasteiger partial charge in [-0.3, -0.25) is 0 Å². The van der Waals surface area contributed by atoms with Crippen molar-refractivity contribution >= 4 is 0 Å². The quantitative estimate of drug-likeness (QED) is 0.806. The van der Waals surface area contributed by atoms with Crippen molar-refractivity contribution in [2.24, 2.45) is 0 Å². The van der Waals surface area contributed by atoms with Crippen molar-refractivity contribution in [1.82, 2.24) is 10.2 Å². The second-order valence-corrected chi connectivity index (χ2v) is 5.94. The van der Waals surface area contributed by atoms with Crippen LogP contribution in [0.1, 0.15) is 38.5 Å². The maximum atomic E-state index is 12.9. The monoisotopic (exact) mass is 248 g/mol. The third kappa shape index (κ3) is 1.87. The predicted octanol–water partition coefficient (Wildman–Crippen LogP) is 2.30. The van der Waals surface area contributed by atoms with Gasteiger partial charge in [0.1, 0.15) is 5.54 Å². The lowest BCUT2D eigenvalue weighted by Gasteiger charge is -2.38. The van der Waals surface area contributed by atoms with Gasteiger partial charge in [0.05, 0.1) is 0 Å². The molecule has 3 fully saturated rings. The van der Waals surface area contributed by atoms with E-state index in [-0.39, 0.29) is 18.9 Å². The van der Waals surface area contributed by atoms with Gasteiger partial charge in [-0.15, -0.1) is 0 Å².